The summed E-state index contributed by atoms with van der Waals surface area (Å²) in [5, 5.41) is 7.93. The minimum atomic E-state index is -0.674. The Hall–Kier alpha value is -5.39. The van der Waals surface area contributed by atoms with Gasteiger partial charge in [0.2, 0.25) is 11.8 Å². The lowest BCUT2D eigenvalue weighted by Gasteiger charge is -2.30. The molecule has 4 N–H and O–H groups in total. The number of imidazole rings is 2. The van der Waals surface area contributed by atoms with Crippen molar-refractivity contribution in [3.05, 3.63) is 71.4 Å². The maximum absolute atomic E-state index is 13.9. The number of carbonyl (C=O) groups is 3. The van der Waals surface area contributed by atoms with Crippen LogP contribution in [-0.4, -0.2) is 69.0 Å². The number of hydrogen-bond donors (Lipinski definition) is 4. The van der Waals surface area contributed by atoms with Crippen molar-refractivity contribution in [2.45, 2.75) is 97.6 Å². The van der Waals surface area contributed by atoms with Crippen LogP contribution < -0.4 is 15.4 Å². The molecule has 0 aliphatic carbocycles. The number of H-pyrrole nitrogens is 2. The summed E-state index contributed by atoms with van der Waals surface area (Å²) in [5.41, 5.74) is 5.97. The Balaban J connectivity index is 1.04. The molecule has 0 unspecified atom stereocenters. The second kappa shape index (κ2) is 16.5. The number of fused-ring (bicyclic) bond motifs is 6. The summed E-state index contributed by atoms with van der Waals surface area (Å²) in [6, 6.07) is 13.7. The molecule has 4 heterocycles. The van der Waals surface area contributed by atoms with Crippen molar-refractivity contribution in [2.24, 2.45) is 11.8 Å². The molecule has 3 amide bonds. The number of ether oxygens (including phenoxy) is 2. The van der Waals surface area contributed by atoms with Crippen molar-refractivity contribution < 1.29 is 23.9 Å². The first kappa shape index (κ1) is 37.9. The number of unbranched alkanes of at least 4 members (excludes halogenated alkanes) is 1. The number of hydrogen-bond acceptors (Lipinski definition) is 7. The Morgan fingerprint density at radius 1 is 1.02 bits per heavy atom. The standard InChI is InChI=1S/C43H53N7O5/c1-6-25(3)21-38(51)44-19-9-8-12-37-45-24-33(46-37)27-13-14-28-22-31-29-15-17-32-40(30(29)16-18-35(31)55-36(28)23-27)48-41(47-32)34-11-10-20-50(34)42(52)39(26(4)7-2)49-43(53)54-5/h13-18,23-26,34,39H,6-12,19-22H2,1-5H3,(H,44,51)(H,45,46)(H,47,48)(H,49,53)/t25-,26-,34-,39-/m0/s1. The maximum Gasteiger partial charge on any atom is 0.407 e. The topological polar surface area (TPSA) is 154 Å². The highest BCUT2D eigenvalue weighted by atomic mass is 16.5. The van der Waals surface area contributed by atoms with Gasteiger partial charge in [0, 0.05) is 48.9 Å². The summed E-state index contributed by atoms with van der Waals surface area (Å²) in [7, 11) is 1.31. The van der Waals surface area contributed by atoms with Gasteiger partial charge in [-0.15, -0.1) is 0 Å². The van der Waals surface area contributed by atoms with E-state index in [0.29, 0.717) is 25.4 Å². The van der Waals surface area contributed by atoms with Crippen LogP contribution >= 0.6 is 0 Å². The van der Waals surface area contributed by atoms with E-state index in [2.05, 4.69) is 75.8 Å². The molecule has 1 saturated heterocycles. The molecule has 55 heavy (non-hydrogen) atoms. The van der Waals surface area contributed by atoms with Crippen molar-refractivity contribution in [3.8, 4) is 22.8 Å². The second-order valence-electron chi connectivity index (χ2n) is 15.3. The lowest BCUT2D eigenvalue weighted by atomic mass is 9.93. The highest BCUT2D eigenvalue weighted by Gasteiger charge is 2.38. The molecule has 2 aliphatic heterocycles. The molecular formula is C43H53N7O5. The van der Waals surface area contributed by atoms with Gasteiger partial charge in [-0.05, 0) is 72.7 Å². The van der Waals surface area contributed by atoms with E-state index in [0.717, 1.165) is 119 Å². The molecule has 2 aliphatic rings. The van der Waals surface area contributed by atoms with E-state index in [1.807, 2.05) is 31.0 Å². The second-order valence-corrected chi connectivity index (χ2v) is 15.3. The van der Waals surface area contributed by atoms with Crippen molar-refractivity contribution in [1.29, 1.82) is 0 Å². The quantitative estimate of drug-likeness (QED) is 0.0821. The Morgan fingerprint density at radius 2 is 1.85 bits per heavy atom. The summed E-state index contributed by atoms with van der Waals surface area (Å²) in [5.74, 6) is 3.73. The fraction of sp³-hybridized carbons (Fsp3) is 0.465. The number of carbonyl (C=O) groups excluding carboxylic acids is 3. The lowest BCUT2D eigenvalue weighted by Crippen LogP contribution is -2.51. The van der Waals surface area contributed by atoms with E-state index in [4.69, 9.17) is 14.5 Å². The normalized spacial score (nSPS) is 16.6. The van der Waals surface area contributed by atoms with Crippen LogP contribution in [0.1, 0.15) is 101 Å². The number of aromatic nitrogens is 4. The largest absolute Gasteiger partial charge is 0.457 e. The van der Waals surface area contributed by atoms with Gasteiger partial charge in [0.1, 0.15) is 29.2 Å². The third kappa shape index (κ3) is 8.04. The zero-order chi connectivity index (χ0) is 38.6. The number of aryl methyl sites for hydroxylation is 1. The highest BCUT2D eigenvalue weighted by Crippen LogP contribution is 2.43. The van der Waals surface area contributed by atoms with Crippen LogP contribution in [-0.2, 0) is 27.2 Å². The molecule has 0 radical (unpaired) electrons. The Morgan fingerprint density at radius 3 is 2.65 bits per heavy atom. The van der Waals surface area contributed by atoms with Crippen molar-refractivity contribution in [3.63, 3.8) is 0 Å². The monoisotopic (exact) mass is 747 g/mol. The molecule has 0 spiro atoms. The van der Waals surface area contributed by atoms with Gasteiger partial charge < -0.3 is 35.0 Å². The smallest absolute Gasteiger partial charge is 0.407 e. The van der Waals surface area contributed by atoms with Crippen molar-refractivity contribution >= 4 is 39.7 Å². The number of methoxy groups -OCH3 is 1. The number of amides is 3. The van der Waals surface area contributed by atoms with Crippen LogP contribution in [0, 0.1) is 11.8 Å². The number of nitrogens with zero attached hydrogens (tertiary/aromatic N) is 3. The molecule has 12 heteroatoms. The van der Waals surface area contributed by atoms with E-state index in [9.17, 15) is 14.4 Å². The third-order valence-corrected chi connectivity index (χ3v) is 11.5. The van der Waals surface area contributed by atoms with Crippen molar-refractivity contribution in [2.75, 3.05) is 20.2 Å². The van der Waals surface area contributed by atoms with Crippen LogP contribution in [0.2, 0.25) is 0 Å². The molecule has 0 saturated carbocycles. The Labute approximate surface area is 322 Å². The predicted octanol–water partition coefficient (Wildman–Crippen LogP) is 8.11. The van der Waals surface area contributed by atoms with E-state index in [1.165, 1.54) is 7.11 Å². The molecule has 4 atom stereocenters. The minimum Gasteiger partial charge on any atom is -0.457 e. The molecule has 3 aromatic carbocycles. The summed E-state index contributed by atoms with van der Waals surface area (Å²) in [6.45, 7) is 9.49. The first-order chi connectivity index (χ1) is 26.7. The summed E-state index contributed by atoms with van der Waals surface area (Å²) >= 11 is 0. The average molecular weight is 748 g/mol. The Kier molecular flexibility index (Phi) is 11.4. The molecule has 7 rings (SSSR count). The predicted molar refractivity (Wildman–Crippen MR) is 213 cm³/mol. The van der Waals surface area contributed by atoms with Gasteiger partial charge in [0.05, 0.1) is 36.1 Å². The highest BCUT2D eigenvalue weighted by molar-refractivity contribution is 6.06. The van der Waals surface area contributed by atoms with E-state index >= 15 is 0 Å². The van der Waals surface area contributed by atoms with Gasteiger partial charge in [-0.1, -0.05) is 58.7 Å². The lowest BCUT2D eigenvalue weighted by molar-refractivity contribution is -0.135. The zero-order valence-electron chi connectivity index (χ0n) is 32.6. The van der Waals surface area contributed by atoms with Crippen LogP contribution in [0.5, 0.6) is 11.5 Å². The van der Waals surface area contributed by atoms with Crippen LogP contribution in [0.4, 0.5) is 4.79 Å². The number of nitrogens with one attached hydrogen (secondary N) is 4. The third-order valence-electron chi connectivity index (χ3n) is 11.5. The Bertz CT molecular complexity index is 2190. The average Bonchev–Trinajstić information content (AvgIpc) is 3.98. The zero-order valence-corrected chi connectivity index (χ0v) is 32.6. The minimum absolute atomic E-state index is 0.0524. The summed E-state index contributed by atoms with van der Waals surface area (Å²) in [4.78, 5) is 56.6. The van der Waals surface area contributed by atoms with Crippen LogP contribution in [0.15, 0.2) is 48.7 Å². The summed E-state index contributed by atoms with van der Waals surface area (Å²) < 4.78 is 11.4. The number of alkyl carbamates (subject to hydrolysis) is 1. The maximum atomic E-state index is 13.9. The van der Waals surface area contributed by atoms with E-state index < -0.39 is 12.1 Å². The van der Waals surface area contributed by atoms with Crippen LogP contribution in [0.3, 0.4) is 0 Å². The molecular weight excluding hydrogens is 695 g/mol. The number of benzene rings is 3. The molecule has 5 aromatic rings. The van der Waals surface area contributed by atoms with Gasteiger partial charge in [-0.25, -0.2) is 14.8 Å². The van der Waals surface area contributed by atoms with Gasteiger partial charge in [-0.3, -0.25) is 9.59 Å². The summed E-state index contributed by atoms with van der Waals surface area (Å²) in [6.07, 6.45) is 8.65. The molecule has 12 nitrogen and oxygen atoms in total. The van der Waals surface area contributed by atoms with E-state index in [-0.39, 0.29) is 23.8 Å². The fourth-order valence-electron chi connectivity index (χ4n) is 7.82. The van der Waals surface area contributed by atoms with Gasteiger partial charge in [0.25, 0.3) is 0 Å². The van der Waals surface area contributed by atoms with Crippen molar-refractivity contribution in [1.82, 2.24) is 35.5 Å². The number of likely N-dealkylation sites (tertiary alicyclic amines) is 1. The fourth-order valence-corrected chi connectivity index (χ4v) is 7.82. The van der Waals surface area contributed by atoms with Crippen LogP contribution in [0.25, 0.3) is 33.1 Å². The van der Waals surface area contributed by atoms with Gasteiger partial charge in [0.15, 0.2) is 0 Å². The van der Waals surface area contributed by atoms with E-state index in [1.54, 1.807) is 0 Å². The molecule has 290 valence electrons. The SMILES string of the molecule is CC[C@H](C)CC(=O)NCCCCc1ncc(-c2ccc3c(c2)Oc2ccc4c(ccc5[nH]c([C@@H]6CCCN6C(=O)[C@@H](NC(=O)OC)[C@@H](C)CC)nc54)c2C3)[nH]1. The molecule has 1 fully saturated rings. The first-order valence-corrected chi connectivity index (χ1v) is 19.9. The molecule has 2 aromatic heterocycles. The number of aromatic amines is 2. The number of rotatable bonds is 14. The van der Waals surface area contributed by atoms with Gasteiger partial charge in [-0.2, -0.15) is 0 Å². The molecule has 0 bridgehead atoms. The van der Waals surface area contributed by atoms with Gasteiger partial charge >= 0.3 is 6.09 Å². The first-order valence-electron chi connectivity index (χ1n) is 19.9.